The van der Waals surface area contributed by atoms with Crippen LogP contribution >= 0.6 is 0 Å². The highest BCUT2D eigenvalue weighted by molar-refractivity contribution is 5.48. The monoisotopic (exact) mass is 344 g/mol. The summed E-state index contributed by atoms with van der Waals surface area (Å²) in [6, 6.07) is 2.32. The molecule has 2 aromatic heterocycles. The van der Waals surface area contributed by atoms with Gasteiger partial charge in [0.25, 0.3) is 0 Å². The number of fused-ring (bicyclic) bond motifs is 1. The normalized spacial score (nSPS) is 15.5. The highest BCUT2D eigenvalue weighted by Gasteiger charge is 2.18. The van der Waals surface area contributed by atoms with Crippen LogP contribution in [0.25, 0.3) is 0 Å². The van der Waals surface area contributed by atoms with Crippen LogP contribution in [0.1, 0.15) is 42.3 Å². The third kappa shape index (κ3) is 4.76. The first-order valence-corrected chi connectivity index (χ1v) is 9.10. The number of H-pyrrole nitrogens is 1. The van der Waals surface area contributed by atoms with Crippen molar-refractivity contribution in [3.05, 3.63) is 34.5 Å². The molecule has 7 heteroatoms. The summed E-state index contributed by atoms with van der Waals surface area (Å²) in [5.41, 5.74) is 4.52. The Kier molecular flexibility index (Phi) is 5.99. The quantitative estimate of drug-likeness (QED) is 0.710. The highest BCUT2D eigenvalue weighted by Crippen LogP contribution is 2.21. The summed E-state index contributed by atoms with van der Waals surface area (Å²) in [5.74, 6) is 1.70. The Bertz CT molecular complexity index is 699. The van der Waals surface area contributed by atoms with Gasteiger partial charge in [0.1, 0.15) is 12.4 Å². The molecule has 0 spiro atoms. The average Bonchev–Trinajstić information content (AvgIpc) is 2.84. The van der Waals surface area contributed by atoms with Gasteiger partial charge in [-0.3, -0.25) is 5.10 Å². The first-order valence-electron chi connectivity index (χ1n) is 9.10. The Balaban J connectivity index is 1.79. The second kappa shape index (κ2) is 8.40. The summed E-state index contributed by atoms with van der Waals surface area (Å²) in [6.07, 6.45) is 2.72. The molecular weight excluding hydrogens is 316 g/mol. The lowest BCUT2D eigenvalue weighted by molar-refractivity contribution is 0.128. The number of rotatable bonds is 7. The number of hydrogen-bond donors (Lipinski definition) is 3. The molecule has 0 aliphatic carbocycles. The first-order chi connectivity index (χ1) is 12.2. The first kappa shape index (κ1) is 17.8. The van der Waals surface area contributed by atoms with Crippen molar-refractivity contribution in [3.8, 4) is 0 Å². The lowest BCUT2D eigenvalue weighted by Crippen LogP contribution is -2.22. The van der Waals surface area contributed by atoms with E-state index in [0.29, 0.717) is 13.2 Å². The fourth-order valence-electron chi connectivity index (χ4n) is 3.15. The molecule has 0 radical (unpaired) electrons. The minimum atomic E-state index is 0.234. The fraction of sp³-hybridized carbons (Fsp3) is 0.611. The number of anilines is 1. The van der Waals surface area contributed by atoms with Gasteiger partial charge in [-0.05, 0) is 39.8 Å². The molecule has 1 atom stereocenters. The van der Waals surface area contributed by atoms with Crippen molar-refractivity contribution in [1.29, 1.82) is 0 Å². The molecule has 0 amide bonds. The SMILES string of the molecule is CCOCc1nc2c(c(N[C@@H](C)Cc3cc(C)[nH]n3)n1)CCNCC2. The minimum absolute atomic E-state index is 0.234. The average molecular weight is 344 g/mol. The molecule has 0 saturated heterocycles. The van der Waals surface area contributed by atoms with Crippen LogP contribution in [-0.4, -0.2) is 45.9 Å². The van der Waals surface area contributed by atoms with Gasteiger partial charge in [0.2, 0.25) is 0 Å². The van der Waals surface area contributed by atoms with Gasteiger partial charge in [-0.1, -0.05) is 0 Å². The van der Waals surface area contributed by atoms with Crippen LogP contribution in [0, 0.1) is 6.92 Å². The molecule has 136 valence electrons. The van der Waals surface area contributed by atoms with Gasteiger partial charge in [0.15, 0.2) is 5.82 Å². The Morgan fingerprint density at radius 2 is 2.12 bits per heavy atom. The van der Waals surface area contributed by atoms with Crippen LogP contribution in [0.4, 0.5) is 5.82 Å². The summed E-state index contributed by atoms with van der Waals surface area (Å²) < 4.78 is 5.52. The van der Waals surface area contributed by atoms with Crippen molar-refractivity contribution in [2.24, 2.45) is 0 Å². The zero-order valence-electron chi connectivity index (χ0n) is 15.4. The van der Waals surface area contributed by atoms with Crippen molar-refractivity contribution in [2.75, 3.05) is 25.0 Å². The summed E-state index contributed by atoms with van der Waals surface area (Å²) in [4.78, 5) is 9.48. The molecule has 1 aliphatic rings. The number of aromatic nitrogens is 4. The molecule has 25 heavy (non-hydrogen) atoms. The van der Waals surface area contributed by atoms with Gasteiger partial charge in [0, 0.05) is 43.3 Å². The largest absolute Gasteiger partial charge is 0.374 e. The lowest BCUT2D eigenvalue weighted by Gasteiger charge is -2.18. The van der Waals surface area contributed by atoms with Crippen LogP contribution in [-0.2, 0) is 30.6 Å². The Morgan fingerprint density at radius 3 is 2.88 bits per heavy atom. The predicted molar refractivity (Wildman–Crippen MR) is 97.8 cm³/mol. The van der Waals surface area contributed by atoms with E-state index in [9.17, 15) is 0 Å². The Hall–Kier alpha value is -1.99. The maximum atomic E-state index is 5.52. The van der Waals surface area contributed by atoms with Gasteiger partial charge in [-0.25, -0.2) is 9.97 Å². The van der Waals surface area contributed by atoms with E-state index in [1.807, 2.05) is 13.8 Å². The molecule has 0 fully saturated rings. The summed E-state index contributed by atoms with van der Waals surface area (Å²) in [5, 5.41) is 14.4. The van der Waals surface area contributed by atoms with Gasteiger partial charge < -0.3 is 15.4 Å². The standard InChI is InChI=1S/C18H28N6O/c1-4-25-11-17-21-16-6-8-19-7-5-15(16)18(22-17)20-12(2)9-14-10-13(3)23-24-14/h10,12,19H,4-9,11H2,1-3H3,(H,23,24)(H,20,21,22)/t12-/m0/s1. The van der Waals surface area contributed by atoms with Crippen molar-refractivity contribution in [2.45, 2.75) is 52.7 Å². The lowest BCUT2D eigenvalue weighted by atomic mass is 10.1. The van der Waals surface area contributed by atoms with E-state index in [4.69, 9.17) is 14.7 Å². The van der Waals surface area contributed by atoms with Gasteiger partial charge in [-0.15, -0.1) is 0 Å². The van der Waals surface area contributed by atoms with Crippen molar-refractivity contribution >= 4 is 5.82 Å². The van der Waals surface area contributed by atoms with E-state index in [1.54, 1.807) is 0 Å². The van der Waals surface area contributed by atoms with Crippen LogP contribution in [0.15, 0.2) is 6.07 Å². The molecule has 2 aromatic rings. The molecule has 0 saturated carbocycles. The van der Waals surface area contributed by atoms with E-state index in [1.165, 1.54) is 5.56 Å². The molecule has 3 rings (SSSR count). The molecule has 3 N–H and O–H groups in total. The highest BCUT2D eigenvalue weighted by atomic mass is 16.5. The van der Waals surface area contributed by atoms with E-state index >= 15 is 0 Å². The van der Waals surface area contributed by atoms with Crippen LogP contribution in [0.2, 0.25) is 0 Å². The van der Waals surface area contributed by atoms with Gasteiger partial charge >= 0.3 is 0 Å². The number of aryl methyl sites for hydroxylation is 1. The summed E-state index contributed by atoms with van der Waals surface area (Å²) in [7, 11) is 0. The van der Waals surface area contributed by atoms with E-state index in [-0.39, 0.29) is 6.04 Å². The van der Waals surface area contributed by atoms with Crippen molar-refractivity contribution in [1.82, 2.24) is 25.5 Å². The minimum Gasteiger partial charge on any atom is -0.374 e. The van der Waals surface area contributed by atoms with E-state index in [0.717, 1.165) is 61.1 Å². The molecule has 1 aliphatic heterocycles. The maximum absolute atomic E-state index is 5.52. The summed E-state index contributed by atoms with van der Waals surface area (Å²) >= 11 is 0. The number of ether oxygens (including phenoxy) is 1. The molecule has 0 aromatic carbocycles. The Labute approximate surface area is 149 Å². The zero-order valence-corrected chi connectivity index (χ0v) is 15.4. The smallest absolute Gasteiger partial charge is 0.156 e. The molecule has 0 unspecified atom stereocenters. The van der Waals surface area contributed by atoms with E-state index in [2.05, 4.69) is 33.8 Å². The molecular formula is C18H28N6O. The number of nitrogens with one attached hydrogen (secondary N) is 3. The van der Waals surface area contributed by atoms with Gasteiger partial charge in [-0.2, -0.15) is 5.10 Å². The number of aromatic amines is 1. The Morgan fingerprint density at radius 1 is 1.28 bits per heavy atom. The molecule has 3 heterocycles. The van der Waals surface area contributed by atoms with Gasteiger partial charge in [0.05, 0.1) is 11.4 Å². The van der Waals surface area contributed by atoms with Crippen LogP contribution < -0.4 is 10.6 Å². The number of hydrogen-bond acceptors (Lipinski definition) is 6. The second-order valence-corrected chi connectivity index (χ2v) is 6.59. The molecule has 0 bridgehead atoms. The maximum Gasteiger partial charge on any atom is 0.156 e. The third-order valence-corrected chi connectivity index (χ3v) is 4.32. The fourth-order valence-corrected chi connectivity index (χ4v) is 3.15. The van der Waals surface area contributed by atoms with Crippen LogP contribution in [0.5, 0.6) is 0 Å². The molecule has 7 nitrogen and oxygen atoms in total. The van der Waals surface area contributed by atoms with E-state index < -0.39 is 0 Å². The van der Waals surface area contributed by atoms with Crippen molar-refractivity contribution < 1.29 is 4.74 Å². The van der Waals surface area contributed by atoms with Crippen molar-refractivity contribution in [3.63, 3.8) is 0 Å². The topological polar surface area (TPSA) is 87.8 Å². The zero-order chi connectivity index (χ0) is 17.6. The predicted octanol–water partition coefficient (Wildman–Crippen LogP) is 1.78. The number of nitrogens with zero attached hydrogens (tertiary/aromatic N) is 3. The summed E-state index contributed by atoms with van der Waals surface area (Å²) in [6.45, 7) is 9.21. The van der Waals surface area contributed by atoms with Crippen LogP contribution in [0.3, 0.4) is 0 Å². The third-order valence-electron chi connectivity index (χ3n) is 4.32. The second-order valence-electron chi connectivity index (χ2n) is 6.59.